The topological polar surface area (TPSA) is 67.3 Å². The number of amides is 1. The minimum Gasteiger partial charge on any atom is -0.497 e. The molecular weight excluding hydrogens is 304 g/mol. The standard InChI is InChI=1S/C18H22N4O2/c1-24-16-6-4-14(5-7-16)11-21-18(23)15-3-2-10-22(13-15)17-12-19-8-9-20-17/h4-9,12,15H,2-3,10-11,13H2,1H3,(H,21,23). The molecule has 2 heterocycles. The molecule has 1 aromatic heterocycles. The van der Waals surface area contributed by atoms with E-state index >= 15 is 0 Å². The summed E-state index contributed by atoms with van der Waals surface area (Å²) in [5.41, 5.74) is 1.06. The Morgan fingerprint density at radius 2 is 2.17 bits per heavy atom. The molecule has 24 heavy (non-hydrogen) atoms. The summed E-state index contributed by atoms with van der Waals surface area (Å²) in [6.07, 6.45) is 6.98. The van der Waals surface area contributed by atoms with E-state index in [1.165, 1.54) is 0 Å². The third-order valence-electron chi connectivity index (χ3n) is 4.29. The zero-order chi connectivity index (χ0) is 16.8. The van der Waals surface area contributed by atoms with E-state index in [1.54, 1.807) is 25.7 Å². The third kappa shape index (κ3) is 4.01. The van der Waals surface area contributed by atoms with Crippen LogP contribution < -0.4 is 15.0 Å². The van der Waals surface area contributed by atoms with Gasteiger partial charge in [-0.15, -0.1) is 0 Å². The molecule has 6 heteroatoms. The molecule has 0 saturated carbocycles. The lowest BCUT2D eigenvalue weighted by Crippen LogP contribution is -2.43. The van der Waals surface area contributed by atoms with E-state index in [0.29, 0.717) is 13.1 Å². The molecule has 1 atom stereocenters. The fraction of sp³-hybridized carbons (Fsp3) is 0.389. The zero-order valence-corrected chi connectivity index (χ0v) is 13.8. The summed E-state index contributed by atoms with van der Waals surface area (Å²) in [5, 5.41) is 3.04. The van der Waals surface area contributed by atoms with Gasteiger partial charge in [0.25, 0.3) is 0 Å². The van der Waals surface area contributed by atoms with E-state index in [4.69, 9.17) is 4.74 Å². The van der Waals surface area contributed by atoms with Crippen LogP contribution in [0.25, 0.3) is 0 Å². The number of methoxy groups -OCH3 is 1. The predicted octanol–water partition coefficient (Wildman–Crippen LogP) is 2.02. The average molecular weight is 326 g/mol. The molecular formula is C18H22N4O2. The highest BCUT2D eigenvalue weighted by Crippen LogP contribution is 2.21. The highest BCUT2D eigenvalue weighted by atomic mass is 16.5. The lowest BCUT2D eigenvalue weighted by atomic mass is 9.97. The molecule has 3 rings (SSSR count). The third-order valence-corrected chi connectivity index (χ3v) is 4.29. The minimum atomic E-state index is -0.0148. The van der Waals surface area contributed by atoms with Gasteiger partial charge in [-0.05, 0) is 30.5 Å². The van der Waals surface area contributed by atoms with Crippen molar-refractivity contribution in [3.05, 3.63) is 48.4 Å². The molecule has 1 aromatic carbocycles. The van der Waals surface area contributed by atoms with Crippen LogP contribution in [-0.4, -0.2) is 36.1 Å². The Labute approximate surface area is 141 Å². The van der Waals surface area contributed by atoms with Gasteiger partial charge in [0.15, 0.2) is 0 Å². The number of anilines is 1. The highest BCUT2D eigenvalue weighted by molar-refractivity contribution is 5.79. The SMILES string of the molecule is COc1ccc(CNC(=O)C2CCCN(c3cnccn3)C2)cc1. The molecule has 0 aliphatic carbocycles. The van der Waals surface area contributed by atoms with Crippen molar-refractivity contribution in [1.82, 2.24) is 15.3 Å². The Hall–Kier alpha value is -2.63. The second-order valence-electron chi connectivity index (χ2n) is 5.91. The summed E-state index contributed by atoms with van der Waals surface area (Å²) in [4.78, 5) is 23.0. The first-order valence-electron chi connectivity index (χ1n) is 8.18. The summed E-state index contributed by atoms with van der Waals surface area (Å²) in [7, 11) is 1.64. The number of hydrogen-bond acceptors (Lipinski definition) is 5. The van der Waals surface area contributed by atoms with Crippen LogP contribution in [0.3, 0.4) is 0 Å². The van der Waals surface area contributed by atoms with Crippen LogP contribution in [0.5, 0.6) is 5.75 Å². The first-order valence-corrected chi connectivity index (χ1v) is 8.18. The van der Waals surface area contributed by atoms with Crippen molar-refractivity contribution in [1.29, 1.82) is 0 Å². The first kappa shape index (κ1) is 16.2. The van der Waals surface area contributed by atoms with Crippen LogP contribution in [0.15, 0.2) is 42.9 Å². The summed E-state index contributed by atoms with van der Waals surface area (Å²) in [6.45, 7) is 2.14. The van der Waals surface area contributed by atoms with Gasteiger partial charge in [-0.25, -0.2) is 4.98 Å². The second-order valence-corrected chi connectivity index (χ2v) is 5.91. The molecule has 1 amide bonds. The number of piperidine rings is 1. The number of carbonyl (C=O) groups excluding carboxylic acids is 1. The van der Waals surface area contributed by atoms with E-state index < -0.39 is 0 Å². The smallest absolute Gasteiger partial charge is 0.225 e. The fourth-order valence-corrected chi connectivity index (χ4v) is 2.93. The van der Waals surface area contributed by atoms with E-state index in [1.807, 2.05) is 24.3 Å². The number of nitrogens with zero attached hydrogens (tertiary/aromatic N) is 3. The Balaban J connectivity index is 1.54. The number of nitrogens with one attached hydrogen (secondary N) is 1. The lowest BCUT2D eigenvalue weighted by Gasteiger charge is -2.32. The molecule has 1 unspecified atom stereocenters. The molecule has 2 aromatic rings. The number of rotatable bonds is 5. The Morgan fingerprint density at radius 3 is 2.88 bits per heavy atom. The number of aromatic nitrogens is 2. The predicted molar refractivity (Wildman–Crippen MR) is 91.8 cm³/mol. The van der Waals surface area contributed by atoms with Crippen LogP contribution in [0.4, 0.5) is 5.82 Å². The van der Waals surface area contributed by atoms with Gasteiger partial charge in [-0.3, -0.25) is 9.78 Å². The van der Waals surface area contributed by atoms with E-state index in [-0.39, 0.29) is 11.8 Å². The van der Waals surface area contributed by atoms with Crippen LogP contribution in [0.2, 0.25) is 0 Å². The molecule has 6 nitrogen and oxygen atoms in total. The summed E-state index contributed by atoms with van der Waals surface area (Å²) in [5.74, 6) is 1.74. The average Bonchev–Trinajstić information content (AvgIpc) is 2.67. The van der Waals surface area contributed by atoms with Gasteiger partial charge in [-0.1, -0.05) is 12.1 Å². The van der Waals surface area contributed by atoms with Crippen LogP contribution >= 0.6 is 0 Å². The van der Waals surface area contributed by atoms with Crippen molar-refractivity contribution in [2.45, 2.75) is 19.4 Å². The van der Waals surface area contributed by atoms with Gasteiger partial charge in [0, 0.05) is 32.0 Å². The number of hydrogen-bond donors (Lipinski definition) is 1. The Bertz CT molecular complexity index is 660. The van der Waals surface area contributed by atoms with E-state index in [2.05, 4.69) is 20.2 Å². The number of benzene rings is 1. The van der Waals surface area contributed by atoms with Crippen LogP contribution in [0.1, 0.15) is 18.4 Å². The highest BCUT2D eigenvalue weighted by Gasteiger charge is 2.26. The lowest BCUT2D eigenvalue weighted by molar-refractivity contribution is -0.125. The maximum Gasteiger partial charge on any atom is 0.225 e. The van der Waals surface area contributed by atoms with Crippen LogP contribution in [0, 0.1) is 5.92 Å². The quantitative estimate of drug-likeness (QED) is 0.910. The van der Waals surface area contributed by atoms with Gasteiger partial charge in [0.05, 0.1) is 19.2 Å². The van der Waals surface area contributed by atoms with Crippen molar-refractivity contribution >= 4 is 11.7 Å². The summed E-state index contributed by atoms with van der Waals surface area (Å²) in [6, 6.07) is 7.73. The Morgan fingerprint density at radius 1 is 1.33 bits per heavy atom. The van der Waals surface area contributed by atoms with Crippen molar-refractivity contribution in [3.63, 3.8) is 0 Å². The molecule has 1 saturated heterocycles. The van der Waals surface area contributed by atoms with E-state index in [0.717, 1.165) is 36.5 Å². The molecule has 126 valence electrons. The monoisotopic (exact) mass is 326 g/mol. The summed E-state index contributed by atoms with van der Waals surface area (Å²) < 4.78 is 5.14. The van der Waals surface area contributed by atoms with Gasteiger partial charge in [-0.2, -0.15) is 0 Å². The van der Waals surface area contributed by atoms with Crippen molar-refractivity contribution in [3.8, 4) is 5.75 Å². The van der Waals surface area contributed by atoms with Crippen molar-refractivity contribution in [2.75, 3.05) is 25.1 Å². The second kappa shape index (κ2) is 7.77. The minimum absolute atomic E-state index is 0.0148. The Kier molecular flexibility index (Phi) is 5.25. The van der Waals surface area contributed by atoms with Gasteiger partial charge >= 0.3 is 0 Å². The molecule has 1 aliphatic heterocycles. The maximum absolute atomic E-state index is 12.5. The summed E-state index contributed by atoms with van der Waals surface area (Å²) >= 11 is 0. The maximum atomic E-state index is 12.5. The van der Waals surface area contributed by atoms with E-state index in [9.17, 15) is 4.79 Å². The molecule has 1 aliphatic rings. The van der Waals surface area contributed by atoms with Gasteiger partial charge in [0.1, 0.15) is 11.6 Å². The van der Waals surface area contributed by atoms with Crippen LogP contribution in [-0.2, 0) is 11.3 Å². The van der Waals surface area contributed by atoms with Crippen molar-refractivity contribution < 1.29 is 9.53 Å². The number of carbonyl (C=O) groups is 1. The zero-order valence-electron chi connectivity index (χ0n) is 13.8. The molecule has 1 N–H and O–H groups in total. The first-order chi connectivity index (χ1) is 11.8. The fourth-order valence-electron chi connectivity index (χ4n) is 2.93. The largest absolute Gasteiger partial charge is 0.497 e. The normalized spacial score (nSPS) is 17.4. The molecule has 0 radical (unpaired) electrons. The number of ether oxygens (including phenoxy) is 1. The van der Waals surface area contributed by atoms with Crippen molar-refractivity contribution in [2.24, 2.45) is 5.92 Å². The van der Waals surface area contributed by atoms with Gasteiger partial charge in [0.2, 0.25) is 5.91 Å². The molecule has 1 fully saturated rings. The molecule has 0 bridgehead atoms. The molecule has 0 spiro atoms. The van der Waals surface area contributed by atoms with Gasteiger partial charge < -0.3 is 15.0 Å².